The molecule has 4 aromatic rings. The molecule has 2 aliphatic rings. The number of aliphatic hydroxyl groups excluding tert-OH is 3. The molecular formula is C35H32FNO11S. The van der Waals surface area contributed by atoms with Crippen molar-refractivity contribution in [2.45, 2.75) is 48.1 Å². The number of phenols is 2. The van der Waals surface area contributed by atoms with Gasteiger partial charge in [-0.15, -0.1) is 0 Å². The van der Waals surface area contributed by atoms with Crippen molar-refractivity contribution in [2.24, 2.45) is 0 Å². The van der Waals surface area contributed by atoms with Gasteiger partial charge in [0.1, 0.15) is 40.9 Å². The second kappa shape index (κ2) is 14.0. The fourth-order valence-corrected chi connectivity index (χ4v) is 7.70. The lowest BCUT2D eigenvalue weighted by molar-refractivity contribution is -0.303. The minimum absolute atomic E-state index is 0.0320. The number of carboxylic acids is 1. The van der Waals surface area contributed by atoms with Crippen LogP contribution in [-0.4, -0.2) is 88.4 Å². The van der Waals surface area contributed by atoms with Crippen LogP contribution in [0.25, 0.3) is 11.1 Å². The summed E-state index contributed by atoms with van der Waals surface area (Å²) in [6, 6.07) is 23.7. The molecule has 12 nitrogen and oxygen atoms in total. The van der Waals surface area contributed by atoms with E-state index < -0.39 is 82.3 Å². The smallest absolute Gasteiger partial charge is 0.335 e. The number of aromatic hydroxyl groups is 2. The predicted molar refractivity (Wildman–Crippen MR) is 173 cm³/mol. The van der Waals surface area contributed by atoms with Crippen molar-refractivity contribution >= 4 is 28.4 Å². The lowest BCUT2D eigenvalue weighted by Crippen LogP contribution is -2.62. The molecule has 9 atom stereocenters. The molecule has 0 spiro atoms. The number of nitrogens with zero attached hydrogens (tertiary/aromatic N) is 1. The van der Waals surface area contributed by atoms with Gasteiger partial charge in [0, 0.05) is 22.1 Å². The topological polar surface area (TPSA) is 194 Å². The number of ether oxygens (including phenoxy) is 2. The second-order valence-electron chi connectivity index (χ2n) is 11.7. The summed E-state index contributed by atoms with van der Waals surface area (Å²) in [5, 5.41) is 60.5. The Labute approximate surface area is 281 Å². The molecule has 2 aliphatic heterocycles. The number of hydrogen-bond acceptors (Lipinski definition) is 10. The first kappa shape index (κ1) is 34.2. The van der Waals surface area contributed by atoms with Gasteiger partial charge in [-0.3, -0.25) is 9.00 Å². The number of phenolic OH excluding ortho intramolecular Hbond substituents is 2. The third kappa shape index (κ3) is 6.79. The van der Waals surface area contributed by atoms with Crippen molar-refractivity contribution in [3.8, 4) is 22.6 Å². The number of carboxylic acid groups (broad SMARTS) is 1. The van der Waals surface area contributed by atoms with Gasteiger partial charge in [-0.05, 0) is 59.2 Å². The van der Waals surface area contributed by atoms with Crippen LogP contribution in [0, 0.1) is 5.82 Å². The van der Waals surface area contributed by atoms with E-state index in [1.165, 1.54) is 35.2 Å². The second-order valence-corrected chi connectivity index (χ2v) is 13.3. The van der Waals surface area contributed by atoms with Gasteiger partial charge in [0.2, 0.25) is 5.91 Å². The fourth-order valence-electron chi connectivity index (χ4n) is 6.03. The highest BCUT2D eigenvalue weighted by Gasteiger charge is 2.54. The van der Waals surface area contributed by atoms with Crippen LogP contribution in [0.5, 0.6) is 11.5 Å². The highest BCUT2D eigenvalue weighted by Crippen LogP contribution is 2.46. The highest BCUT2D eigenvalue weighted by molar-refractivity contribution is 7.86. The van der Waals surface area contributed by atoms with Crippen molar-refractivity contribution in [2.75, 3.05) is 10.7 Å². The van der Waals surface area contributed by atoms with Gasteiger partial charge >= 0.3 is 5.97 Å². The Hall–Kier alpha value is -4.70. The summed E-state index contributed by atoms with van der Waals surface area (Å²) in [5.74, 6) is -3.36. The summed E-state index contributed by atoms with van der Waals surface area (Å²) in [4.78, 5) is 26.8. The van der Waals surface area contributed by atoms with E-state index in [0.717, 1.165) is 12.1 Å². The van der Waals surface area contributed by atoms with Crippen LogP contribution in [0.2, 0.25) is 0 Å². The summed E-state index contributed by atoms with van der Waals surface area (Å²) in [5.41, 5.74) is 2.21. The summed E-state index contributed by atoms with van der Waals surface area (Å²) in [7, 11) is -2.09. The maximum atomic E-state index is 14.2. The largest absolute Gasteiger partial charge is 0.508 e. The minimum atomic E-state index is -2.09. The zero-order valence-corrected chi connectivity index (χ0v) is 26.3. The first-order valence-corrected chi connectivity index (χ1v) is 16.5. The molecule has 0 bridgehead atoms. The van der Waals surface area contributed by atoms with E-state index in [2.05, 4.69) is 0 Å². The average molecular weight is 694 g/mol. The third-order valence-corrected chi connectivity index (χ3v) is 10.2. The summed E-state index contributed by atoms with van der Waals surface area (Å²) >= 11 is 0. The van der Waals surface area contributed by atoms with Crippen molar-refractivity contribution in [3.63, 3.8) is 0 Å². The van der Waals surface area contributed by atoms with Crippen LogP contribution < -0.4 is 4.90 Å². The first-order chi connectivity index (χ1) is 23.4. The molecule has 1 amide bonds. The molecule has 4 unspecified atom stereocenters. The van der Waals surface area contributed by atoms with Crippen molar-refractivity contribution in [3.05, 3.63) is 114 Å². The number of hydrogen-bond donors (Lipinski definition) is 6. The maximum Gasteiger partial charge on any atom is 0.335 e. The predicted octanol–water partition coefficient (Wildman–Crippen LogP) is 2.76. The molecule has 4 aromatic carbocycles. The Bertz CT molecular complexity index is 1860. The van der Waals surface area contributed by atoms with Crippen LogP contribution in [0.3, 0.4) is 0 Å². The number of carbonyl (C=O) groups is 2. The van der Waals surface area contributed by atoms with E-state index in [0.29, 0.717) is 16.8 Å². The quantitative estimate of drug-likeness (QED) is 0.134. The minimum Gasteiger partial charge on any atom is -0.508 e. The first-order valence-electron chi connectivity index (χ1n) is 15.2. The van der Waals surface area contributed by atoms with E-state index in [-0.39, 0.29) is 22.6 Å². The highest BCUT2D eigenvalue weighted by atomic mass is 32.2. The van der Waals surface area contributed by atoms with Crippen LogP contribution in [0.4, 0.5) is 10.1 Å². The number of anilines is 1. The number of β-lactam (4-membered cyclic amide) rings is 1. The van der Waals surface area contributed by atoms with Crippen molar-refractivity contribution in [1.82, 2.24) is 0 Å². The number of aliphatic carboxylic acids is 1. The number of carbonyl (C=O) groups excluding carboxylic acids is 1. The molecule has 49 heavy (non-hydrogen) atoms. The van der Waals surface area contributed by atoms with E-state index in [1.807, 2.05) is 0 Å². The van der Waals surface area contributed by atoms with E-state index in [9.17, 15) is 48.8 Å². The maximum absolute atomic E-state index is 14.2. The van der Waals surface area contributed by atoms with Crippen LogP contribution >= 0.6 is 0 Å². The van der Waals surface area contributed by atoms with Crippen LogP contribution in [0.15, 0.2) is 97.1 Å². The molecule has 2 fully saturated rings. The van der Waals surface area contributed by atoms with Gasteiger partial charge in [-0.25, -0.2) is 9.18 Å². The van der Waals surface area contributed by atoms with Gasteiger partial charge in [-0.2, -0.15) is 0 Å². The molecule has 6 rings (SSSR count). The number of aliphatic hydroxyl groups is 3. The van der Waals surface area contributed by atoms with Gasteiger partial charge < -0.3 is 45.0 Å². The number of halogens is 1. The number of rotatable bonds is 10. The number of amides is 1. The Morgan fingerprint density at radius 2 is 1.57 bits per heavy atom. The fraction of sp³-hybridized carbons (Fsp3) is 0.257. The van der Waals surface area contributed by atoms with Crippen molar-refractivity contribution < 1.29 is 58.3 Å². The summed E-state index contributed by atoms with van der Waals surface area (Å²) in [6.45, 7) is 0. The lowest BCUT2D eigenvalue weighted by Gasteiger charge is -2.47. The molecular weight excluding hydrogens is 661 g/mol. The monoisotopic (exact) mass is 693 g/mol. The Kier molecular flexibility index (Phi) is 9.79. The number of para-hydroxylation sites is 1. The van der Waals surface area contributed by atoms with E-state index in [4.69, 9.17) is 9.47 Å². The van der Waals surface area contributed by atoms with Gasteiger partial charge in [0.05, 0.1) is 17.9 Å². The molecule has 0 aromatic heterocycles. The lowest BCUT2D eigenvalue weighted by atomic mass is 9.90. The molecule has 256 valence electrons. The zero-order valence-electron chi connectivity index (χ0n) is 25.5. The van der Waals surface area contributed by atoms with E-state index >= 15 is 0 Å². The Balaban J connectivity index is 1.33. The van der Waals surface area contributed by atoms with E-state index in [1.54, 1.807) is 54.6 Å². The Morgan fingerprint density at radius 3 is 2.22 bits per heavy atom. The zero-order chi connectivity index (χ0) is 35.0. The molecule has 14 heteroatoms. The Morgan fingerprint density at radius 1 is 0.878 bits per heavy atom. The summed E-state index contributed by atoms with van der Waals surface area (Å²) in [6.07, 6.45) is -11.0. The number of benzene rings is 4. The SMILES string of the molecule is O=C(O)C1O[C@@H](O[C@@H](CS(=O)[C@H]2C(=O)N(c3ccccc3)[C@@H]2c2ccc(-c3cccc(O)c3)cc2O)c2ccc(F)cc2)C(O)C(O)[C@@H]1O. The van der Waals surface area contributed by atoms with Gasteiger partial charge in [0.15, 0.2) is 12.4 Å². The molecule has 0 radical (unpaired) electrons. The average Bonchev–Trinajstić information content (AvgIpc) is 3.08. The van der Waals surface area contributed by atoms with Gasteiger partial charge in [0.25, 0.3) is 0 Å². The van der Waals surface area contributed by atoms with Crippen molar-refractivity contribution in [1.29, 1.82) is 0 Å². The summed E-state index contributed by atoms with van der Waals surface area (Å²) < 4.78 is 39.2. The van der Waals surface area contributed by atoms with Crippen LogP contribution in [0.1, 0.15) is 23.3 Å². The standard InChI is InChI=1S/C35H32FNO11S/c36-21-12-9-18(10-13-21)26(47-35-30(42)28(40)29(41)31(48-35)34(44)45)17-49(46)32-27(37(33(32)43)22-6-2-1-3-7-22)24-14-11-20(16-25(24)39)19-5-4-8-23(38)15-19/h1-16,26-32,35,38-42H,17H2,(H,44,45)/t26-,27+,28?,29-,30?,31?,32+,35+,49?/m0/s1. The van der Waals surface area contributed by atoms with Gasteiger partial charge in [-0.1, -0.05) is 54.6 Å². The molecule has 0 saturated carbocycles. The third-order valence-electron chi connectivity index (χ3n) is 8.56. The van der Waals surface area contributed by atoms with Crippen LogP contribution in [-0.2, 0) is 29.9 Å². The normalized spacial score (nSPS) is 26.5. The molecule has 0 aliphatic carbocycles. The molecule has 6 N–H and O–H groups in total. The molecule has 2 heterocycles. The molecule has 2 saturated heterocycles.